The largest absolute Gasteiger partial charge is 0.398 e. The molecule has 0 heterocycles. The first-order chi connectivity index (χ1) is 11.8. The molecule has 4 rings (SSSR count). The number of benzene rings is 1. The molecule has 0 aromatic heterocycles. The summed E-state index contributed by atoms with van der Waals surface area (Å²) in [5.41, 5.74) is 12.7. The lowest BCUT2D eigenvalue weighted by Gasteiger charge is -2.33. The second-order valence-corrected chi connectivity index (χ2v) is 7.55. The van der Waals surface area contributed by atoms with Crippen LogP contribution in [0.25, 0.3) is 6.08 Å². The fraction of sp³-hybridized carbons (Fsp3) is 0.273. The molecule has 122 valence electrons. The molecule has 3 aliphatic rings. The van der Waals surface area contributed by atoms with Gasteiger partial charge in [-0.15, -0.1) is 0 Å². The van der Waals surface area contributed by atoms with Crippen LogP contribution in [0.15, 0.2) is 70.3 Å². The maximum Gasteiger partial charge on any atom is 0.0480 e. The molecular weight excluding hydrogens is 358 g/mol. The van der Waals surface area contributed by atoms with Crippen LogP contribution in [0.1, 0.15) is 42.7 Å². The minimum atomic E-state index is 0.448. The molecule has 3 aliphatic carbocycles. The van der Waals surface area contributed by atoms with E-state index < -0.39 is 0 Å². The lowest BCUT2D eigenvalue weighted by Crippen LogP contribution is -2.18. The first kappa shape index (κ1) is 15.7. The van der Waals surface area contributed by atoms with Crippen LogP contribution in [-0.4, -0.2) is 0 Å². The number of anilines is 1. The van der Waals surface area contributed by atoms with Gasteiger partial charge in [0.25, 0.3) is 0 Å². The molecule has 2 unspecified atom stereocenters. The Bertz CT molecular complexity index is 808. The molecule has 1 aromatic carbocycles. The number of fused-ring (bicyclic) bond motifs is 1. The quantitative estimate of drug-likeness (QED) is 0.598. The maximum atomic E-state index is 6.09. The summed E-state index contributed by atoms with van der Waals surface area (Å²) in [5, 5.41) is 0. The van der Waals surface area contributed by atoms with Gasteiger partial charge in [0, 0.05) is 22.0 Å². The van der Waals surface area contributed by atoms with Crippen LogP contribution in [0.3, 0.4) is 0 Å². The third-order valence-electron chi connectivity index (χ3n) is 5.37. The van der Waals surface area contributed by atoms with E-state index >= 15 is 0 Å². The van der Waals surface area contributed by atoms with Crippen LogP contribution in [0, 0.1) is 5.92 Å². The lowest BCUT2D eigenvalue weighted by atomic mass is 9.71. The van der Waals surface area contributed by atoms with E-state index in [-0.39, 0.29) is 0 Å². The summed E-state index contributed by atoms with van der Waals surface area (Å²) >= 11 is 3.68. The second kappa shape index (κ2) is 6.60. The van der Waals surface area contributed by atoms with Crippen LogP contribution in [0.2, 0.25) is 0 Å². The fourth-order valence-electron chi connectivity index (χ4n) is 4.14. The maximum absolute atomic E-state index is 6.09. The normalized spacial score (nSPS) is 25.2. The van der Waals surface area contributed by atoms with Crippen molar-refractivity contribution in [3.63, 3.8) is 0 Å². The summed E-state index contributed by atoms with van der Waals surface area (Å²) in [6.45, 7) is 0. The van der Waals surface area contributed by atoms with Crippen molar-refractivity contribution in [3.05, 3.63) is 81.4 Å². The number of nitrogens with two attached hydrogens (primary N) is 1. The van der Waals surface area contributed by atoms with Gasteiger partial charge in [-0.05, 0) is 58.8 Å². The SMILES string of the molecule is Nc1ccc2c(c1Br)C=CCC2C1=CC=CCC1C1=CC=CCC1. The Morgan fingerprint density at radius 2 is 1.79 bits per heavy atom. The van der Waals surface area contributed by atoms with Crippen LogP contribution in [-0.2, 0) is 0 Å². The van der Waals surface area contributed by atoms with Gasteiger partial charge in [0.05, 0.1) is 0 Å². The van der Waals surface area contributed by atoms with E-state index in [0.29, 0.717) is 11.8 Å². The first-order valence-corrected chi connectivity index (χ1v) is 9.51. The fourth-order valence-corrected chi connectivity index (χ4v) is 4.64. The molecule has 0 spiro atoms. The predicted molar refractivity (Wildman–Crippen MR) is 107 cm³/mol. The number of halogens is 1. The van der Waals surface area contributed by atoms with Crippen molar-refractivity contribution in [3.8, 4) is 0 Å². The topological polar surface area (TPSA) is 26.0 Å². The molecule has 0 bridgehead atoms. The number of allylic oxidation sites excluding steroid dienone is 9. The molecule has 0 saturated heterocycles. The van der Waals surface area contributed by atoms with Crippen LogP contribution in [0.5, 0.6) is 0 Å². The van der Waals surface area contributed by atoms with E-state index in [0.717, 1.165) is 23.0 Å². The summed E-state index contributed by atoms with van der Waals surface area (Å²) in [7, 11) is 0. The number of rotatable bonds is 2. The number of hydrogen-bond acceptors (Lipinski definition) is 1. The minimum absolute atomic E-state index is 0.448. The molecule has 0 aliphatic heterocycles. The van der Waals surface area contributed by atoms with E-state index in [1.807, 2.05) is 6.07 Å². The molecule has 0 radical (unpaired) electrons. The molecular formula is C22H22BrN. The second-order valence-electron chi connectivity index (χ2n) is 6.75. The van der Waals surface area contributed by atoms with Crippen molar-refractivity contribution in [2.45, 2.75) is 31.6 Å². The van der Waals surface area contributed by atoms with Gasteiger partial charge in [-0.1, -0.05) is 65.8 Å². The smallest absolute Gasteiger partial charge is 0.0480 e. The molecule has 0 saturated carbocycles. The van der Waals surface area contributed by atoms with E-state index in [1.165, 1.54) is 24.0 Å². The molecule has 1 aromatic rings. The van der Waals surface area contributed by atoms with Gasteiger partial charge in [0.15, 0.2) is 0 Å². The summed E-state index contributed by atoms with van der Waals surface area (Å²) in [6.07, 6.45) is 22.8. The molecule has 2 atom stereocenters. The van der Waals surface area contributed by atoms with Gasteiger partial charge in [-0.25, -0.2) is 0 Å². The molecule has 2 heteroatoms. The van der Waals surface area contributed by atoms with E-state index in [9.17, 15) is 0 Å². The predicted octanol–water partition coefficient (Wildman–Crippen LogP) is 6.31. The summed E-state index contributed by atoms with van der Waals surface area (Å²) in [5.74, 6) is 0.990. The number of hydrogen-bond donors (Lipinski definition) is 1. The Hall–Kier alpha value is -1.80. The monoisotopic (exact) mass is 379 g/mol. The van der Waals surface area contributed by atoms with E-state index in [2.05, 4.69) is 70.6 Å². The van der Waals surface area contributed by atoms with E-state index in [4.69, 9.17) is 5.73 Å². The van der Waals surface area contributed by atoms with Crippen molar-refractivity contribution in [2.24, 2.45) is 5.92 Å². The zero-order valence-electron chi connectivity index (χ0n) is 13.7. The molecule has 0 fully saturated rings. The third kappa shape index (κ3) is 2.73. The van der Waals surface area contributed by atoms with Crippen LogP contribution >= 0.6 is 15.9 Å². The molecule has 24 heavy (non-hydrogen) atoms. The highest BCUT2D eigenvalue weighted by atomic mass is 79.9. The molecule has 1 nitrogen and oxygen atoms in total. The molecule has 0 amide bonds. The van der Waals surface area contributed by atoms with Gasteiger partial charge in [-0.2, -0.15) is 0 Å². The minimum Gasteiger partial charge on any atom is -0.398 e. The first-order valence-electron chi connectivity index (χ1n) is 8.72. The van der Waals surface area contributed by atoms with Gasteiger partial charge in [0.2, 0.25) is 0 Å². The van der Waals surface area contributed by atoms with Gasteiger partial charge in [-0.3, -0.25) is 0 Å². The Morgan fingerprint density at radius 3 is 2.62 bits per heavy atom. The average molecular weight is 380 g/mol. The Balaban J connectivity index is 1.75. The molecule has 2 N–H and O–H groups in total. The van der Waals surface area contributed by atoms with Crippen molar-refractivity contribution in [1.29, 1.82) is 0 Å². The number of nitrogen functional groups attached to an aromatic ring is 1. The van der Waals surface area contributed by atoms with Gasteiger partial charge >= 0.3 is 0 Å². The van der Waals surface area contributed by atoms with Crippen molar-refractivity contribution >= 4 is 27.7 Å². The standard InChI is InChI=1S/C22H22BrN/c23-22-20-12-6-11-18(19(20)13-14-21(22)24)17-10-5-4-9-16(17)15-7-2-1-3-8-15/h1-2,4-7,10,12-14,16,18H,3,8-9,11,24H2. The van der Waals surface area contributed by atoms with Crippen molar-refractivity contribution in [2.75, 3.05) is 5.73 Å². The zero-order valence-corrected chi connectivity index (χ0v) is 15.3. The Kier molecular flexibility index (Phi) is 4.32. The van der Waals surface area contributed by atoms with Crippen LogP contribution < -0.4 is 5.73 Å². The highest BCUT2D eigenvalue weighted by molar-refractivity contribution is 9.10. The summed E-state index contributed by atoms with van der Waals surface area (Å²) < 4.78 is 1.03. The van der Waals surface area contributed by atoms with Crippen molar-refractivity contribution in [1.82, 2.24) is 0 Å². The highest BCUT2D eigenvalue weighted by Gasteiger charge is 2.29. The lowest BCUT2D eigenvalue weighted by molar-refractivity contribution is 0.603. The Morgan fingerprint density at radius 1 is 0.958 bits per heavy atom. The summed E-state index contributed by atoms with van der Waals surface area (Å²) in [6, 6.07) is 4.25. The van der Waals surface area contributed by atoms with Gasteiger partial charge in [0.1, 0.15) is 0 Å². The van der Waals surface area contributed by atoms with E-state index in [1.54, 1.807) is 11.1 Å². The third-order valence-corrected chi connectivity index (χ3v) is 6.26. The Labute approximate surface area is 152 Å². The van der Waals surface area contributed by atoms with Crippen molar-refractivity contribution < 1.29 is 0 Å². The highest BCUT2D eigenvalue weighted by Crippen LogP contribution is 2.46. The van der Waals surface area contributed by atoms with Crippen LogP contribution in [0.4, 0.5) is 5.69 Å². The van der Waals surface area contributed by atoms with Gasteiger partial charge < -0.3 is 5.73 Å². The zero-order chi connectivity index (χ0) is 16.5. The summed E-state index contributed by atoms with van der Waals surface area (Å²) in [4.78, 5) is 0. The average Bonchev–Trinajstić information content (AvgIpc) is 2.65.